The summed E-state index contributed by atoms with van der Waals surface area (Å²) in [4.78, 5) is 31.2. The number of amides is 2. The molecule has 0 radical (unpaired) electrons. The van der Waals surface area contributed by atoms with Crippen molar-refractivity contribution in [2.45, 2.75) is 26.3 Å². The summed E-state index contributed by atoms with van der Waals surface area (Å²) in [5, 5.41) is 6.00. The number of carbonyl (C=O) groups excluding carboxylic acids is 2. The fourth-order valence-electron chi connectivity index (χ4n) is 4.82. The summed E-state index contributed by atoms with van der Waals surface area (Å²) in [7, 11) is 4.69. The highest BCUT2D eigenvalue weighted by Gasteiger charge is 2.25. The zero-order valence-corrected chi connectivity index (χ0v) is 23.8. The van der Waals surface area contributed by atoms with Gasteiger partial charge in [-0.1, -0.05) is 25.1 Å². The van der Waals surface area contributed by atoms with Crippen molar-refractivity contribution in [2.75, 3.05) is 62.6 Å². The summed E-state index contributed by atoms with van der Waals surface area (Å²) in [6.07, 6.45) is 0.808. The zero-order valence-electron chi connectivity index (χ0n) is 23.8. The number of hydrogen-bond acceptors (Lipinski definition) is 7. The minimum absolute atomic E-state index is 0.0128. The number of benzene rings is 3. The number of nitrogens with zero attached hydrogens (tertiary/aromatic N) is 2. The smallest absolute Gasteiger partial charge is 0.263 e. The first-order valence-corrected chi connectivity index (χ1v) is 13.5. The highest BCUT2D eigenvalue weighted by atomic mass is 16.5. The van der Waals surface area contributed by atoms with Crippen LogP contribution < -0.4 is 34.6 Å². The number of anilines is 3. The summed E-state index contributed by atoms with van der Waals surface area (Å²) in [6.45, 7) is 7.01. The topological polar surface area (TPSA) is 92.4 Å². The summed E-state index contributed by atoms with van der Waals surface area (Å²) < 4.78 is 16.3. The van der Waals surface area contributed by atoms with Gasteiger partial charge in [0, 0.05) is 43.6 Å². The predicted molar refractivity (Wildman–Crippen MR) is 159 cm³/mol. The highest BCUT2D eigenvalue weighted by molar-refractivity contribution is 6.09. The van der Waals surface area contributed by atoms with Gasteiger partial charge in [0.15, 0.2) is 0 Å². The second-order valence-corrected chi connectivity index (χ2v) is 9.65. The Kier molecular flexibility index (Phi) is 9.37. The van der Waals surface area contributed by atoms with Gasteiger partial charge in [-0.3, -0.25) is 9.59 Å². The molecule has 3 aromatic rings. The fourth-order valence-corrected chi connectivity index (χ4v) is 4.82. The van der Waals surface area contributed by atoms with E-state index in [-0.39, 0.29) is 23.4 Å². The maximum Gasteiger partial charge on any atom is 0.263 e. The van der Waals surface area contributed by atoms with Crippen molar-refractivity contribution >= 4 is 28.9 Å². The monoisotopic (exact) mass is 546 g/mol. The molecule has 0 aromatic heterocycles. The van der Waals surface area contributed by atoms with Crippen molar-refractivity contribution in [1.82, 2.24) is 5.32 Å². The third kappa shape index (κ3) is 6.25. The summed E-state index contributed by atoms with van der Waals surface area (Å²) in [5.74, 6) is 1.08. The van der Waals surface area contributed by atoms with Crippen molar-refractivity contribution in [3.05, 3.63) is 71.8 Å². The number of ether oxygens (including phenoxy) is 3. The van der Waals surface area contributed by atoms with E-state index < -0.39 is 0 Å². The van der Waals surface area contributed by atoms with Gasteiger partial charge in [0.05, 0.1) is 32.6 Å². The van der Waals surface area contributed by atoms with Crippen molar-refractivity contribution in [3.8, 4) is 17.2 Å². The molecule has 1 heterocycles. The third-order valence-corrected chi connectivity index (χ3v) is 7.19. The summed E-state index contributed by atoms with van der Waals surface area (Å²) in [6, 6.07) is 18.6. The predicted octanol–water partition coefficient (Wildman–Crippen LogP) is 4.82. The molecule has 0 bridgehead atoms. The van der Waals surface area contributed by atoms with Gasteiger partial charge in [0.25, 0.3) is 11.8 Å². The van der Waals surface area contributed by atoms with E-state index in [4.69, 9.17) is 14.2 Å². The molecular formula is C31H38N4O5. The Bertz CT molecular complexity index is 1310. The molecule has 9 nitrogen and oxygen atoms in total. The van der Waals surface area contributed by atoms with Gasteiger partial charge in [-0.15, -0.1) is 0 Å². The molecule has 1 atom stereocenters. The summed E-state index contributed by atoms with van der Waals surface area (Å²) in [5.41, 5.74) is 3.19. The first-order valence-electron chi connectivity index (χ1n) is 13.5. The molecule has 212 valence electrons. The van der Waals surface area contributed by atoms with Crippen LogP contribution in [0.3, 0.4) is 0 Å². The normalized spacial score (nSPS) is 13.8. The molecule has 1 unspecified atom stereocenters. The fraction of sp³-hybridized carbons (Fsp3) is 0.355. The Morgan fingerprint density at radius 3 is 1.95 bits per heavy atom. The van der Waals surface area contributed by atoms with E-state index in [1.807, 2.05) is 44.2 Å². The number of carbonyl (C=O) groups is 2. The van der Waals surface area contributed by atoms with Crippen LogP contribution in [0, 0.1) is 0 Å². The molecule has 1 aliphatic rings. The maximum absolute atomic E-state index is 13.4. The largest absolute Gasteiger partial charge is 0.496 e. The average molecular weight is 547 g/mol. The van der Waals surface area contributed by atoms with E-state index >= 15 is 0 Å². The molecule has 1 saturated heterocycles. The minimum atomic E-state index is -0.388. The lowest BCUT2D eigenvalue weighted by atomic mass is 10.1. The molecule has 3 aromatic carbocycles. The van der Waals surface area contributed by atoms with Gasteiger partial charge in [-0.25, -0.2) is 0 Å². The Hall–Kier alpha value is -4.40. The molecular weight excluding hydrogens is 508 g/mol. The van der Waals surface area contributed by atoms with Crippen LogP contribution in [0.5, 0.6) is 17.2 Å². The van der Waals surface area contributed by atoms with E-state index in [9.17, 15) is 9.59 Å². The number of para-hydroxylation sites is 2. The van der Waals surface area contributed by atoms with Crippen LogP contribution in [0.25, 0.3) is 0 Å². The van der Waals surface area contributed by atoms with Gasteiger partial charge < -0.3 is 34.6 Å². The molecule has 0 spiro atoms. The highest BCUT2D eigenvalue weighted by Crippen LogP contribution is 2.32. The van der Waals surface area contributed by atoms with Crippen LogP contribution in [-0.2, 0) is 0 Å². The van der Waals surface area contributed by atoms with Gasteiger partial charge in [-0.2, -0.15) is 0 Å². The number of piperazine rings is 1. The number of hydrogen-bond donors (Lipinski definition) is 2. The third-order valence-electron chi connectivity index (χ3n) is 7.19. The molecule has 2 N–H and O–H groups in total. The van der Waals surface area contributed by atoms with Crippen LogP contribution in [0.15, 0.2) is 60.7 Å². The first-order chi connectivity index (χ1) is 19.4. The summed E-state index contributed by atoms with van der Waals surface area (Å²) >= 11 is 0. The number of methoxy groups -OCH3 is 3. The van der Waals surface area contributed by atoms with Gasteiger partial charge >= 0.3 is 0 Å². The minimum Gasteiger partial charge on any atom is -0.496 e. The molecule has 2 amide bonds. The molecule has 1 aliphatic heterocycles. The zero-order chi connectivity index (χ0) is 28.6. The van der Waals surface area contributed by atoms with Crippen LogP contribution in [0.1, 0.15) is 41.0 Å². The Morgan fingerprint density at radius 2 is 1.35 bits per heavy atom. The van der Waals surface area contributed by atoms with Crippen LogP contribution in [0.2, 0.25) is 0 Å². The van der Waals surface area contributed by atoms with Gasteiger partial charge in [-0.05, 0) is 55.8 Å². The quantitative estimate of drug-likeness (QED) is 0.377. The number of rotatable bonds is 10. The first kappa shape index (κ1) is 28.6. The Morgan fingerprint density at radius 1 is 0.775 bits per heavy atom. The Balaban J connectivity index is 1.60. The van der Waals surface area contributed by atoms with Crippen molar-refractivity contribution in [3.63, 3.8) is 0 Å². The van der Waals surface area contributed by atoms with E-state index in [2.05, 4.69) is 26.5 Å². The molecule has 1 fully saturated rings. The van der Waals surface area contributed by atoms with Crippen molar-refractivity contribution in [2.24, 2.45) is 0 Å². The van der Waals surface area contributed by atoms with Gasteiger partial charge in [0.2, 0.25) is 0 Å². The van der Waals surface area contributed by atoms with E-state index in [1.54, 1.807) is 31.4 Å². The van der Waals surface area contributed by atoms with E-state index in [0.29, 0.717) is 22.7 Å². The molecule has 4 rings (SSSR count). The average Bonchev–Trinajstić information content (AvgIpc) is 3.00. The molecule has 0 aliphatic carbocycles. The van der Waals surface area contributed by atoms with Gasteiger partial charge in [0.1, 0.15) is 22.8 Å². The lowest BCUT2D eigenvalue weighted by molar-refractivity contribution is 0.0938. The SMILES string of the molecule is CCC(C)NC(=O)c1cc(NC(=O)c2c(OC)cccc2OC)ccc1N1CCN(c2ccccc2OC)CC1. The van der Waals surface area contributed by atoms with Crippen molar-refractivity contribution < 1.29 is 23.8 Å². The maximum atomic E-state index is 13.4. The van der Waals surface area contributed by atoms with Crippen LogP contribution in [-0.4, -0.2) is 65.4 Å². The van der Waals surface area contributed by atoms with E-state index in [0.717, 1.165) is 49.7 Å². The molecule has 40 heavy (non-hydrogen) atoms. The molecule has 9 heteroatoms. The van der Waals surface area contributed by atoms with Crippen molar-refractivity contribution in [1.29, 1.82) is 0 Å². The Labute approximate surface area is 236 Å². The molecule has 0 saturated carbocycles. The lowest BCUT2D eigenvalue weighted by Gasteiger charge is -2.38. The second-order valence-electron chi connectivity index (χ2n) is 9.65. The second kappa shape index (κ2) is 13.1. The number of nitrogens with one attached hydrogen (secondary N) is 2. The van der Waals surface area contributed by atoms with Crippen LogP contribution in [0.4, 0.5) is 17.1 Å². The standard InChI is InChI=1S/C31H38N4O5/c1-6-21(2)32-30(36)23-20-22(33-31(37)29-27(39-4)12-9-13-28(29)40-5)14-15-24(23)34-16-18-35(19-17-34)25-10-7-8-11-26(25)38-3/h7-15,20-21H,6,16-19H2,1-5H3,(H,32,36)(H,33,37). The van der Waals surface area contributed by atoms with Crippen LogP contribution >= 0.6 is 0 Å². The van der Waals surface area contributed by atoms with E-state index in [1.165, 1.54) is 14.2 Å². The lowest BCUT2D eigenvalue weighted by Crippen LogP contribution is -2.47.